The van der Waals surface area contributed by atoms with E-state index in [0.717, 1.165) is 16.3 Å². The number of pyridine rings is 1. The van der Waals surface area contributed by atoms with Crippen LogP contribution in [0.1, 0.15) is 40.2 Å². The summed E-state index contributed by atoms with van der Waals surface area (Å²) in [7, 11) is 0. The van der Waals surface area contributed by atoms with E-state index in [-0.39, 0.29) is 32.7 Å². The van der Waals surface area contributed by atoms with Crippen molar-refractivity contribution in [1.82, 2.24) is 4.98 Å². The molecule has 0 atom stereocenters. The number of nitrogens with one attached hydrogen (secondary N) is 1. The van der Waals surface area contributed by atoms with E-state index in [9.17, 15) is 0 Å². The molecule has 0 unspecified atom stereocenters. The molecule has 107 valence electrons. The smallest absolute Gasteiger partial charge is 0.0346 e. The molecule has 1 N–H and O–H groups in total. The van der Waals surface area contributed by atoms with Crippen LogP contribution >= 0.6 is 0 Å². The molecule has 0 saturated heterocycles. The van der Waals surface area contributed by atoms with E-state index >= 15 is 0 Å². The third-order valence-corrected chi connectivity index (χ3v) is 3.47. The molecule has 0 bridgehead atoms. The number of aryl methyl sites for hydroxylation is 1. The molecule has 1 aromatic heterocycles. The maximum Gasteiger partial charge on any atom is 0.0346 e. The zero-order valence-corrected chi connectivity index (χ0v) is 16.2. The first kappa shape index (κ1) is 19.5. The summed E-state index contributed by atoms with van der Waals surface area (Å²) in [5.41, 5.74) is 9.74. The summed E-state index contributed by atoms with van der Waals surface area (Å²) in [6, 6.07) is 5.66. The van der Waals surface area contributed by atoms with Crippen LogP contribution < -0.4 is 0 Å². The standard InChI is InChI=1S/C10H9N2.C7H15.Y/c1-7-5-12-6-8-3-2-4-9(11)10(7)8;1-6(2)7(3,4)5;/h2-6,11H,1H3;1-5H3;/q2*-1;. The molecule has 0 amide bonds. The van der Waals surface area contributed by atoms with Crippen LogP contribution in [0.4, 0.5) is 5.69 Å². The van der Waals surface area contributed by atoms with Gasteiger partial charge in [-0.15, -0.1) is 5.69 Å². The van der Waals surface area contributed by atoms with Gasteiger partial charge in [0, 0.05) is 45.1 Å². The Morgan fingerprint density at radius 1 is 1.10 bits per heavy atom. The molecule has 2 rings (SSSR count). The number of benzene rings is 1. The van der Waals surface area contributed by atoms with Gasteiger partial charge in [0.05, 0.1) is 0 Å². The second-order valence-corrected chi connectivity index (χ2v) is 6.11. The summed E-state index contributed by atoms with van der Waals surface area (Å²) in [6.45, 7) is 13.0. The van der Waals surface area contributed by atoms with Gasteiger partial charge in [-0.05, 0) is 23.3 Å². The van der Waals surface area contributed by atoms with Gasteiger partial charge in [0.25, 0.3) is 0 Å². The van der Waals surface area contributed by atoms with Crippen molar-refractivity contribution in [3.8, 4) is 0 Å². The van der Waals surface area contributed by atoms with Crippen LogP contribution in [0, 0.1) is 18.3 Å². The van der Waals surface area contributed by atoms with Crippen LogP contribution in [-0.4, -0.2) is 4.98 Å². The molecule has 0 aliphatic rings. The Kier molecular flexibility index (Phi) is 7.90. The molecule has 1 aromatic carbocycles. The Hall–Kier alpha value is -0.466. The molecule has 0 fully saturated rings. The molecular formula is C17H24N2Y-2. The molecule has 2 aromatic rings. The quantitative estimate of drug-likeness (QED) is 0.550. The van der Waals surface area contributed by atoms with Crippen molar-refractivity contribution in [3.05, 3.63) is 47.8 Å². The first-order chi connectivity index (χ1) is 8.73. The van der Waals surface area contributed by atoms with E-state index in [1.165, 1.54) is 5.92 Å². The van der Waals surface area contributed by atoms with Gasteiger partial charge in [0.1, 0.15) is 0 Å². The van der Waals surface area contributed by atoms with Gasteiger partial charge in [0.2, 0.25) is 0 Å². The topological polar surface area (TPSA) is 36.7 Å². The number of nitrogens with zero attached hydrogens (tertiary/aromatic N) is 1. The van der Waals surface area contributed by atoms with Gasteiger partial charge in [-0.2, -0.15) is 19.3 Å². The molecular weight excluding hydrogens is 321 g/mol. The van der Waals surface area contributed by atoms with Crippen molar-refractivity contribution < 1.29 is 32.7 Å². The SMILES string of the molecule is C[C-](C)C(C)(C)C.Cc1cncc2cccc([NH-])c12.[Y]. The summed E-state index contributed by atoms with van der Waals surface area (Å²) in [5.74, 6) is 1.49. The van der Waals surface area contributed by atoms with Crippen LogP contribution in [0.2, 0.25) is 0 Å². The summed E-state index contributed by atoms with van der Waals surface area (Å²) in [6.07, 6.45) is 3.58. The fraction of sp³-hybridized carbons (Fsp3) is 0.412. The summed E-state index contributed by atoms with van der Waals surface area (Å²) < 4.78 is 0. The minimum Gasteiger partial charge on any atom is -0.698 e. The van der Waals surface area contributed by atoms with E-state index in [2.05, 4.69) is 39.6 Å². The van der Waals surface area contributed by atoms with Gasteiger partial charge in [-0.1, -0.05) is 39.0 Å². The number of aromatic nitrogens is 1. The number of fused-ring (bicyclic) bond motifs is 1. The third-order valence-electron chi connectivity index (χ3n) is 3.47. The average Bonchev–Trinajstić information content (AvgIpc) is 2.28. The van der Waals surface area contributed by atoms with Crippen molar-refractivity contribution in [2.24, 2.45) is 5.41 Å². The maximum atomic E-state index is 7.68. The van der Waals surface area contributed by atoms with Crippen molar-refractivity contribution in [1.29, 1.82) is 0 Å². The Bertz CT molecular complexity index is 505. The summed E-state index contributed by atoms with van der Waals surface area (Å²) in [5, 5.41) is 2.05. The third kappa shape index (κ3) is 5.50. The molecule has 0 aliphatic heterocycles. The molecule has 20 heavy (non-hydrogen) atoms. The van der Waals surface area contributed by atoms with Crippen LogP contribution in [0.25, 0.3) is 16.5 Å². The fourth-order valence-electron chi connectivity index (χ4n) is 1.41. The van der Waals surface area contributed by atoms with Gasteiger partial charge in [0.15, 0.2) is 0 Å². The number of hydrogen-bond acceptors (Lipinski definition) is 1. The minimum atomic E-state index is 0. The first-order valence-corrected chi connectivity index (χ1v) is 6.59. The fourth-order valence-corrected chi connectivity index (χ4v) is 1.41. The predicted octanol–water partition coefficient (Wildman–Crippen LogP) is 5.87. The molecule has 1 radical (unpaired) electrons. The minimum absolute atomic E-state index is 0. The van der Waals surface area contributed by atoms with E-state index in [4.69, 9.17) is 5.73 Å². The molecule has 1 heterocycles. The Morgan fingerprint density at radius 2 is 1.65 bits per heavy atom. The van der Waals surface area contributed by atoms with Crippen LogP contribution in [0.3, 0.4) is 0 Å². The van der Waals surface area contributed by atoms with Gasteiger partial charge in [-0.25, -0.2) is 0 Å². The average molecular weight is 345 g/mol. The van der Waals surface area contributed by atoms with E-state index < -0.39 is 0 Å². The predicted molar refractivity (Wildman–Crippen MR) is 84.5 cm³/mol. The zero-order valence-electron chi connectivity index (χ0n) is 13.4. The van der Waals surface area contributed by atoms with Crippen LogP contribution in [-0.2, 0) is 32.7 Å². The van der Waals surface area contributed by atoms with Crippen molar-refractivity contribution >= 4 is 16.5 Å². The first-order valence-electron chi connectivity index (χ1n) is 6.59. The molecule has 0 spiro atoms. The molecule has 0 aliphatic carbocycles. The number of hydrogen-bond donors (Lipinski definition) is 0. The van der Waals surface area contributed by atoms with Crippen molar-refractivity contribution in [3.63, 3.8) is 0 Å². The van der Waals surface area contributed by atoms with Crippen LogP contribution in [0.15, 0.2) is 30.6 Å². The van der Waals surface area contributed by atoms with Crippen LogP contribution in [0.5, 0.6) is 0 Å². The largest absolute Gasteiger partial charge is 0.698 e. The van der Waals surface area contributed by atoms with E-state index in [1.807, 2.05) is 19.1 Å². The van der Waals surface area contributed by atoms with E-state index in [1.54, 1.807) is 18.5 Å². The van der Waals surface area contributed by atoms with E-state index in [0.29, 0.717) is 11.1 Å². The molecule has 0 saturated carbocycles. The van der Waals surface area contributed by atoms with Gasteiger partial charge >= 0.3 is 0 Å². The van der Waals surface area contributed by atoms with Gasteiger partial charge in [-0.3, -0.25) is 4.98 Å². The Balaban J connectivity index is 0.000000396. The second-order valence-electron chi connectivity index (χ2n) is 6.11. The van der Waals surface area contributed by atoms with Gasteiger partial charge < -0.3 is 11.7 Å². The Morgan fingerprint density at radius 3 is 2.10 bits per heavy atom. The van der Waals surface area contributed by atoms with Crippen molar-refractivity contribution in [2.45, 2.75) is 41.5 Å². The maximum absolute atomic E-state index is 7.68. The summed E-state index contributed by atoms with van der Waals surface area (Å²) in [4.78, 5) is 4.07. The van der Waals surface area contributed by atoms with Crippen molar-refractivity contribution in [2.75, 3.05) is 0 Å². The Labute approximate surface area is 148 Å². The monoisotopic (exact) mass is 345 g/mol. The number of rotatable bonds is 0. The summed E-state index contributed by atoms with van der Waals surface area (Å²) >= 11 is 0. The molecule has 3 heteroatoms. The second kappa shape index (κ2) is 8.09. The normalized spacial score (nSPS) is 10.8. The zero-order chi connectivity index (χ0) is 14.6. The molecule has 2 nitrogen and oxygen atoms in total.